The molecule has 0 atom stereocenters. The zero-order valence-electron chi connectivity index (χ0n) is 11.7. The highest BCUT2D eigenvalue weighted by atomic mass is 16.5. The summed E-state index contributed by atoms with van der Waals surface area (Å²) in [5.74, 6) is 1.38. The number of nitrogens with two attached hydrogens (primary N) is 1. The lowest BCUT2D eigenvalue weighted by atomic mass is 10.1. The molecule has 1 heterocycles. The van der Waals surface area contributed by atoms with Crippen molar-refractivity contribution in [1.29, 1.82) is 5.26 Å². The van der Waals surface area contributed by atoms with Gasteiger partial charge in [-0.1, -0.05) is 0 Å². The molecule has 21 heavy (non-hydrogen) atoms. The first kappa shape index (κ1) is 13.3. The highest BCUT2D eigenvalue weighted by Crippen LogP contribution is 2.33. The molecule has 0 fully saturated rings. The van der Waals surface area contributed by atoms with Crippen molar-refractivity contribution in [3.63, 3.8) is 0 Å². The lowest BCUT2D eigenvalue weighted by molar-refractivity contribution is 0.407. The highest BCUT2D eigenvalue weighted by molar-refractivity contribution is 5.57. The van der Waals surface area contributed by atoms with Crippen LogP contribution in [0.25, 0.3) is 0 Å². The molecule has 0 spiro atoms. The van der Waals surface area contributed by atoms with Crippen molar-refractivity contribution in [2.75, 3.05) is 12.8 Å². The molecule has 106 valence electrons. The molecule has 5 nitrogen and oxygen atoms in total. The molecule has 1 aromatic carbocycles. The number of nitriles is 1. The smallest absolute Gasteiger partial charge is 0.237 e. The Morgan fingerprint density at radius 2 is 2.14 bits per heavy atom. The number of nitrogens with zero attached hydrogens (tertiary/aromatic N) is 2. The number of anilines is 1. The molecule has 3 rings (SSSR count). The zero-order valence-corrected chi connectivity index (χ0v) is 11.7. The maximum absolute atomic E-state index is 9.27. The van der Waals surface area contributed by atoms with Gasteiger partial charge in [0.25, 0.3) is 0 Å². The molecule has 0 amide bonds. The Morgan fingerprint density at radius 1 is 1.29 bits per heavy atom. The lowest BCUT2D eigenvalue weighted by Crippen LogP contribution is -1.99. The van der Waals surface area contributed by atoms with E-state index in [-0.39, 0.29) is 0 Å². The number of hydrogen-bond acceptors (Lipinski definition) is 5. The molecular weight excluding hydrogens is 266 g/mol. The number of pyridine rings is 1. The van der Waals surface area contributed by atoms with Crippen molar-refractivity contribution in [3.05, 3.63) is 41.1 Å². The summed E-state index contributed by atoms with van der Waals surface area (Å²) in [6.45, 7) is 0. The number of nitrogen functional groups attached to an aromatic ring is 1. The predicted octanol–water partition coefficient (Wildman–Crippen LogP) is 2.83. The average Bonchev–Trinajstić information content (AvgIpc) is 2.95. The molecule has 0 unspecified atom stereocenters. The normalized spacial score (nSPS) is 12.6. The second-order valence-electron chi connectivity index (χ2n) is 4.92. The third kappa shape index (κ3) is 2.48. The van der Waals surface area contributed by atoms with Gasteiger partial charge in [0.1, 0.15) is 17.4 Å². The van der Waals surface area contributed by atoms with Crippen molar-refractivity contribution >= 4 is 5.69 Å². The number of ether oxygens (including phenoxy) is 2. The minimum absolute atomic E-state index is 0.304. The molecule has 0 saturated carbocycles. The van der Waals surface area contributed by atoms with E-state index in [4.69, 9.17) is 15.2 Å². The van der Waals surface area contributed by atoms with Gasteiger partial charge in [-0.3, -0.25) is 0 Å². The summed E-state index contributed by atoms with van der Waals surface area (Å²) >= 11 is 0. The third-order valence-corrected chi connectivity index (χ3v) is 3.56. The maximum atomic E-state index is 9.27. The van der Waals surface area contributed by atoms with Crippen LogP contribution in [0.5, 0.6) is 17.4 Å². The van der Waals surface area contributed by atoms with Gasteiger partial charge in [-0.2, -0.15) is 5.26 Å². The summed E-state index contributed by atoms with van der Waals surface area (Å²) in [6.07, 6.45) is 2.96. The summed E-state index contributed by atoms with van der Waals surface area (Å²) in [7, 11) is 1.57. The van der Waals surface area contributed by atoms with Crippen LogP contribution in [0.2, 0.25) is 0 Å². The van der Waals surface area contributed by atoms with E-state index in [1.54, 1.807) is 25.3 Å². The predicted molar refractivity (Wildman–Crippen MR) is 78.5 cm³/mol. The first-order valence-electron chi connectivity index (χ1n) is 6.75. The van der Waals surface area contributed by atoms with Gasteiger partial charge in [-0.25, -0.2) is 4.98 Å². The molecule has 0 aliphatic heterocycles. The van der Waals surface area contributed by atoms with Gasteiger partial charge in [0.15, 0.2) is 5.75 Å². The molecule has 2 N–H and O–H groups in total. The SMILES string of the molecule is COc1ccc(N)c(Oc2nc3c(cc2C#N)CCC3)c1. The minimum atomic E-state index is 0.304. The first-order chi connectivity index (χ1) is 10.2. The fourth-order valence-corrected chi connectivity index (χ4v) is 2.45. The summed E-state index contributed by atoms with van der Waals surface area (Å²) in [5, 5.41) is 9.27. The van der Waals surface area contributed by atoms with Crippen LogP contribution in [0.4, 0.5) is 5.69 Å². The molecule has 1 aliphatic rings. The second-order valence-corrected chi connectivity index (χ2v) is 4.92. The van der Waals surface area contributed by atoms with E-state index in [1.165, 1.54) is 0 Å². The van der Waals surface area contributed by atoms with Gasteiger partial charge >= 0.3 is 0 Å². The fourth-order valence-electron chi connectivity index (χ4n) is 2.45. The molecule has 0 saturated heterocycles. The third-order valence-electron chi connectivity index (χ3n) is 3.56. The fraction of sp³-hybridized carbons (Fsp3) is 0.250. The van der Waals surface area contributed by atoms with Crippen LogP contribution in [0, 0.1) is 11.3 Å². The van der Waals surface area contributed by atoms with Crippen molar-refractivity contribution in [2.24, 2.45) is 0 Å². The van der Waals surface area contributed by atoms with Crippen LogP contribution in [0.3, 0.4) is 0 Å². The lowest BCUT2D eigenvalue weighted by Gasteiger charge is -2.11. The number of benzene rings is 1. The van der Waals surface area contributed by atoms with Crippen molar-refractivity contribution in [1.82, 2.24) is 4.98 Å². The maximum Gasteiger partial charge on any atom is 0.237 e. The summed E-state index contributed by atoms with van der Waals surface area (Å²) in [4.78, 5) is 4.47. The van der Waals surface area contributed by atoms with Crippen LogP contribution >= 0.6 is 0 Å². The van der Waals surface area contributed by atoms with E-state index < -0.39 is 0 Å². The number of fused-ring (bicyclic) bond motifs is 1. The van der Waals surface area contributed by atoms with Crippen molar-refractivity contribution in [3.8, 4) is 23.4 Å². The average molecular weight is 281 g/mol. The number of aromatic nitrogens is 1. The van der Waals surface area contributed by atoms with E-state index in [0.29, 0.717) is 28.6 Å². The topological polar surface area (TPSA) is 81.2 Å². The van der Waals surface area contributed by atoms with Crippen LogP contribution in [0.1, 0.15) is 23.2 Å². The molecule has 0 bridgehead atoms. The Hall–Kier alpha value is -2.74. The Balaban J connectivity index is 2.00. The molecular formula is C16H15N3O2. The largest absolute Gasteiger partial charge is 0.497 e. The van der Waals surface area contributed by atoms with Gasteiger partial charge in [0.05, 0.1) is 12.8 Å². The number of hydrogen-bond donors (Lipinski definition) is 1. The van der Waals surface area contributed by atoms with E-state index >= 15 is 0 Å². The van der Waals surface area contributed by atoms with Gasteiger partial charge in [0.2, 0.25) is 5.88 Å². The van der Waals surface area contributed by atoms with Crippen LogP contribution in [-0.2, 0) is 12.8 Å². The van der Waals surface area contributed by atoms with Gasteiger partial charge in [0, 0.05) is 11.8 Å². The molecule has 5 heteroatoms. The van der Waals surface area contributed by atoms with Crippen LogP contribution in [-0.4, -0.2) is 12.1 Å². The molecule has 1 aliphatic carbocycles. The van der Waals surface area contributed by atoms with Crippen LogP contribution in [0.15, 0.2) is 24.3 Å². The summed E-state index contributed by atoms with van der Waals surface area (Å²) in [6, 6.07) is 9.14. The quantitative estimate of drug-likeness (QED) is 0.875. The summed E-state index contributed by atoms with van der Waals surface area (Å²) in [5.41, 5.74) is 8.95. The number of aryl methyl sites for hydroxylation is 2. The Labute approximate surface area is 122 Å². The Morgan fingerprint density at radius 3 is 2.90 bits per heavy atom. The Kier molecular flexibility index (Phi) is 3.36. The monoisotopic (exact) mass is 281 g/mol. The zero-order chi connectivity index (χ0) is 14.8. The Bertz CT molecular complexity index is 735. The standard InChI is InChI=1S/C16H15N3O2/c1-20-12-5-6-13(18)15(8-12)21-16-11(9-17)7-10-3-2-4-14(10)19-16/h5-8H,2-4,18H2,1H3. The van der Waals surface area contributed by atoms with Gasteiger partial charge < -0.3 is 15.2 Å². The van der Waals surface area contributed by atoms with E-state index in [2.05, 4.69) is 11.1 Å². The first-order valence-corrected chi connectivity index (χ1v) is 6.75. The summed E-state index contributed by atoms with van der Waals surface area (Å²) < 4.78 is 10.9. The number of methoxy groups -OCH3 is 1. The minimum Gasteiger partial charge on any atom is -0.497 e. The van der Waals surface area contributed by atoms with E-state index in [1.807, 2.05) is 6.07 Å². The molecule has 2 aromatic rings. The van der Waals surface area contributed by atoms with E-state index in [0.717, 1.165) is 30.5 Å². The second kappa shape index (κ2) is 5.33. The molecule has 1 aromatic heterocycles. The van der Waals surface area contributed by atoms with E-state index in [9.17, 15) is 5.26 Å². The van der Waals surface area contributed by atoms with Gasteiger partial charge in [-0.05, 0) is 43.0 Å². The number of rotatable bonds is 3. The highest BCUT2D eigenvalue weighted by Gasteiger charge is 2.18. The van der Waals surface area contributed by atoms with Crippen molar-refractivity contribution in [2.45, 2.75) is 19.3 Å². The van der Waals surface area contributed by atoms with Crippen molar-refractivity contribution < 1.29 is 9.47 Å². The molecule has 0 radical (unpaired) electrons. The van der Waals surface area contributed by atoms with Gasteiger partial charge in [-0.15, -0.1) is 0 Å². The van der Waals surface area contributed by atoms with Crippen LogP contribution < -0.4 is 15.2 Å².